The van der Waals surface area contributed by atoms with Crippen LogP contribution in [0.4, 0.5) is 0 Å². The average molecular weight is 419 g/mol. The average Bonchev–Trinajstić information content (AvgIpc) is 2.74. The Balaban J connectivity index is 1.47. The zero-order valence-corrected chi connectivity index (χ0v) is 18.0. The molecule has 1 saturated heterocycles. The summed E-state index contributed by atoms with van der Waals surface area (Å²) >= 11 is 0. The van der Waals surface area contributed by atoms with Crippen molar-refractivity contribution in [3.8, 4) is 5.75 Å². The lowest BCUT2D eigenvalue weighted by Gasteiger charge is -2.33. The molecule has 7 heteroatoms. The second-order valence-electron chi connectivity index (χ2n) is 7.18. The van der Waals surface area contributed by atoms with Gasteiger partial charge in [0.2, 0.25) is 10.0 Å². The van der Waals surface area contributed by atoms with E-state index in [9.17, 15) is 8.42 Å². The first-order valence-electron chi connectivity index (χ1n) is 10.1. The van der Waals surface area contributed by atoms with Crippen LogP contribution in [0.15, 0.2) is 53.4 Å². The third-order valence-corrected chi connectivity index (χ3v) is 6.48. The molecule has 2 aromatic rings. The van der Waals surface area contributed by atoms with Gasteiger partial charge in [-0.05, 0) is 56.1 Å². The van der Waals surface area contributed by atoms with E-state index in [1.165, 1.54) is 5.56 Å². The van der Waals surface area contributed by atoms with Gasteiger partial charge in [0.25, 0.3) is 0 Å². The predicted octanol–water partition coefficient (Wildman–Crippen LogP) is 3.14. The molecule has 2 aromatic carbocycles. The molecule has 0 saturated carbocycles. The smallest absolute Gasteiger partial charge is 0.240 e. The lowest BCUT2D eigenvalue weighted by Crippen LogP contribution is -2.39. The van der Waals surface area contributed by atoms with Crippen LogP contribution >= 0.6 is 0 Å². The molecule has 1 aliphatic rings. The number of hydrogen-bond acceptors (Lipinski definition) is 5. The quantitative estimate of drug-likeness (QED) is 0.634. The van der Waals surface area contributed by atoms with Gasteiger partial charge in [-0.2, -0.15) is 0 Å². The van der Waals surface area contributed by atoms with Crippen molar-refractivity contribution in [1.29, 1.82) is 0 Å². The van der Waals surface area contributed by atoms with Crippen LogP contribution in [0.2, 0.25) is 0 Å². The molecule has 158 valence electrons. The molecule has 1 heterocycles. The van der Waals surface area contributed by atoms with E-state index in [2.05, 4.69) is 21.8 Å². The van der Waals surface area contributed by atoms with E-state index in [-0.39, 0.29) is 11.0 Å². The van der Waals surface area contributed by atoms with Crippen molar-refractivity contribution in [2.24, 2.45) is 0 Å². The number of ether oxygens (including phenoxy) is 2. The first-order valence-corrected chi connectivity index (χ1v) is 11.6. The molecule has 1 fully saturated rings. The van der Waals surface area contributed by atoms with Crippen molar-refractivity contribution < 1.29 is 17.9 Å². The van der Waals surface area contributed by atoms with E-state index < -0.39 is 10.0 Å². The fourth-order valence-electron chi connectivity index (χ4n) is 3.47. The van der Waals surface area contributed by atoms with Gasteiger partial charge in [0.05, 0.1) is 24.2 Å². The SMILES string of the molecule is CCOc1ccc(S(=O)(=O)NCCCN2CCOC(c3ccccc3)C2)cc1C. The third-order valence-electron chi connectivity index (χ3n) is 5.02. The van der Waals surface area contributed by atoms with Gasteiger partial charge in [0, 0.05) is 19.6 Å². The number of sulfonamides is 1. The van der Waals surface area contributed by atoms with E-state index in [1.54, 1.807) is 18.2 Å². The lowest BCUT2D eigenvalue weighted by molar-refractivity contribution is -0.0300. The highest BCUT2D eigenvalue weighted by molar-refractivity contribution is 7.89. The molecule has 1 atom stereocenters. The molecule has 0 bridgehead atoms. The Morgan fingerprint density at radius 2 is 2.00 bits per heavy atom. The van der Waals surface area contributed by atoms with E-state index in [4.69, 9.17) is 9.47 Å². The van der Waals surface area contributed by atoms with Gasteiger partial charge in [-0.1, -0.05) is 30.3 Å². The fraction of sp³-hybridized carbons (Fsp3) is 0.455. The summed E-state index contributed by atoms with van der Waals surface area (Å²) in [6, 6.07) is 15.2. The zero-order valence-electron chi connectivity index (χ0n) is 17.1. The van der Waals surface area contributed by atoms with Crippen LogP contribution in [0.25, 0.3) is 0 Å². The van der Waals surface area contributed by atoms with Crippen LogP contribution in [-0.4, -0.2) is 52.7 Å². The molecule has 0 spiro atoms. The summed E-state index contributed by atoms with van der Waals surface area (Å²) < 4.78 is 39.2. The first kappa shape index (κ1) is 21.8. The number of rotatable bonds is 9. The molecule has 0 aliphatic carbocycles. The van der Waals surface area contributed by atoms with Gasteiger partial charge in [-0.25, -0.2) is 13.1 Å². The van der Waals surface area contributed by atoms with Gasteiger partial charge in [-0.3, -0.25) is 4.90 Å². The van der Waals surface area contributed by atoms with E-state index in [1.807, 2.05) is 32.0 Å². The number of nitrogens with zero attached hydrogens (tertiary/aromatic N) is 1. The Kier molecular flexibility index (Phi) is 7.66. The van der Waals surface area contributed by atoms with Crippen molar-refractivity contribution in [3.63, 3.8) is 0 Å². The predicted molar refractivity (Wildman–Crippen MR) is 114 cm³/mol. The fourth-order valence-corrected chi connectivity index (χ4v) is 4.63. The molecule has 1 unspecified atom stereocenters. The Bertz CT molecular complexity index is 887. The minimum Gasteiger partial charge on any atom is -0.494 e. The minimum atomic E-state index is -3.52. The summed E-state index contributed by atoms with van der Waals surface area (Å²) in [6.45, 7) is 7.94. The standard InChI is InChI=1S/C22H30N2O4S/c1-3-27-21-11-10-20(16-18(21)2)29(25,26)23-12-7-13-24-14-15-28-22(17-24)19-8-5-4-6-9-19/h4-6,8-11,16,22-23H,3,7,12-15,17H2,1-2H3. The van der Waals surface area contributed by atoms with Crippen molar-refractivity contribution in [2.75, 3.05) is 39.4 Å². The summed E-state index contributed by atoms with van der Waals surface area (Å²) in [5.74, 6) is 0.715. The topological polar surface area (TPSA) is 67.9 Å². The summed E-state index contributed by atoms with van der Waals surface area (Å²) in [7, 11) is -3.52. The van der Waals surface area contributed by atoms with E-state index in [0.717, 1.165) is 31.6 Å². The monoisotopic (exact) mass is 418 g/mol. The molecular weight excluding hydrogens is 388 g/mol. The van der Waals surface area contributed by atoms with Gasteiger partial charge in [-0.15, -0.1) is 0 Å². The maximum absolute atomic E-state index is 12.6. The highest BCUT2D eigenvalue weighted by Crippen LogP contribution is 2.23. The first-order chi connectivity index (χ1) is 14.0. The zero-order chi connectivity index (χ0) is 20.7. The number of aryl methyl sites for hydroxylation is 1. The highest BCUT2D eigenvalue weighted by atomic mass is 32.2. The number of hydrogen-bond donors (Lipinski definition) is 1. The van der Waals surface area contributed by atoms with Crippen LogP contribution in [0.3, 0.4) is 0 Å². The Morgan fingerprint density at radius 1 is 1.21 bits per heavy atom. The second-order valence-corrected chi connectivity index (χ2v) is 8.95. The van der Waals surface area contributed by atoms with E-state index >= 15 is 0 Å². The Morgan fingerprint density at radius 3 is 2.72 bits per heavy atom. The molecule has 1 N–H and O–H groups in total. The van der Waals surface area contributed by atoms with Gasteiger partial charge in [0.15, 0.2) is 0 Å². The molecule has 6 nitrogen and oxygen atoms in total. The number of benzene rings is 2. The van der Waals surface area contributed by atoms with Crippen LogP contribution in [-0.2, 0) is 14.8 Å². The number of nitrogens with one attached hydrogen (secondary N) is 1. The molecule has 0 amide bonds. The summed E-state index contributed by atoms with van der Waals surface area (Å²) in [4.78, 5) is 2.60. The maximum Gasteiger partial charge on any atom is 0.240 e. The molecule has 29 heavy (non-hydrogen) atoms. The second kappa shape index (κ2) is 10.2. The van der Waals surface area contributed by atoms with Crippen LogP contribution in [0.5, 0.6) is 5.75 Å². The highest BCUT2D eigenvalue weighted by Gasteiger charge is 2.21. The molecule has 1 aliphatic heterocycles. The summed E-state index contributed by atoms with van der Waals surface area (Å²) in [5, 5.41) is 0. The molecular formula is C22H30N2O4S. The van der Waals surface area contributed by atoms with Gasteiger partial charge >= 0.3 is 0 Å². The molecule has 3 rings (SSSR count). The van der Waals surface area contributed by atoms with Crippen molar-refractivity contribution >= 4 is 10.0 Å². The van der Waals surface area contributed by atoms with E-state index in [0.29, 0.717) is 25.5 Å². The van der Waals surface area contributed by atoms with Crippen molar-refractivity contribution in [2.45, 2.75) is 31.3 Å². The molecule has 0 aromatic heterocycles. The summed E-state index contributed by atoms with van der Waals surface area (Å²) in [6.07, 6.45) is 0.824. The lowest BCUT2D eigenvalue weighted by atomic mass is 10.1. The van der Waals surface area contributed by atoms with Crippen molar-refractivity contribution in [1.82, 2.24) is 9.62 Å². The Labute approximate surface area is 173 Å². The largest absolute Gasteiger partial charge is 0.494 e. The molecule has 0 radical (unpaired) electrons. The van der Waals surface area contributed by atoms with Crippen LogP contribution in [0, 0.1) is 6.92 Å². The van der Waals surface area contributed by atoms with Gasteiger partial charge in [0.1, 0.15) is 5.75 Å². The van der Waals surface area contributed by atoms with Crippen LogP contribution in [0.1, 0.15) is 30.6 Å². The summed E-state index contributed by atoms with van der Waals surface area (Å²) in [5.41, 5.74) is 2.00. The number of morpholine rings is 1. The van der Waals surface area contributed by atoms with Crippen molar-refractivity contribution in [3.05, 3.63) is 59.7 Å². The van der Waals surface area contributed by atoms with Crippen LogP contribution < -0.4 is 9.46 Å². The third kappa shape index (κ3) is 6.02. The van der Waals surface area contributed by atoms with Gasteiger partial charge < -0.3 is 9.47 Å². The minimum absolute atomic E-state index is 0.0773. The normalized spacial score (nSPS) is 17.9. The maximum atomic E-state index is 12.6. The Hall–Kier alpha value is -1.93.